The van der Waals surface area contributed by atoms with E-state index in [1.54, 1.807) is 6.07 Å². The van der Waals surface area contributed by atoms with Gasteiger partial charge in [-0.2, -0.15) is 0 Å². The number of hydrogen-bond donors (Lipinski definition) is 3. The van der Waals surface area contributed by atoms with Gasteiger partial charge in [-0.25, -0.2) is 0 Å². The molecule has 5 nitrogen and oxygen atoms in total. The van der Waals surface area contributed by atoms with Crippen molar-refractivity contribution in [3.8, 4) is 0 Å². The molecule has 1 aliphatic heterocycles. The maximum Gasteiger partial charge on any atom is 0.254 e. The number of amides is 2. The maximum atomic E-state index is 12.2. The Balaban J connectivity index is 2.19. The average molecular weight is 270 g/mol. The van der Waals surface area contributed by atoms with Crippen LogP contribution in [0.25, 0.3) is 10.8 Å². The van der Waals surface area contributed by atoms with Crippen LogP contribution >= 0.6 is 0 Å². The predicted octanol–water partition coefficient (Wildman–Crippen LogP) is 1.27. The highest BCUT2D eigenvalue weighted by atomic mass is 16.3. The largest absolute Gasteiger partial charge is 0.391 e. The Kier molecular flexibility index (Phi) is 2.91. The normalized spacial score (nSPS) is 19.8. The Bertz CT molecular complexity index is 709. The van der Waals surface area contributed by atoms with E-state index in [1.807, 2.05) is 30.3 Å². The molecule has 1 heterocycles. The van der Waals surface area contributed by atoms with Gasteiger partial charge in [0.05, 0.1) is 17.4 Å². The Hall–Kier alpha value is -2.40. The van der Waals surface area contributed by atoms with Crippen LogP contribution in [0.15, 0.2) is 36.4 Å². The molecule has 3 N–H and O–H groups in total. The Labute approximate surface area is 115 Å². The lowest BCUT2D eigenvalue weighted by atomic mass is 10.0. The average Bonchev–Trinajstić information content (AvgIpc) is 2.56. The van der Waals surface area contributed by atoms with E-state index in [9.17, 15) is 14.7 Å². The molecule has 3 rings (SSSR count). The number of fused-ring (bicyclic) bond motifs is 3. The van der Waals surface area contributed by atoms with Gasteiger partial charge >= 0.3 is 0 Å². The molecule has 0 aromatic heterocycles. The van der Waals surface area contributed by atoms with Gasteiger partial charge in [0.15, 0.2) is 0 Å². The molecule has 2 unspecified atom stereocenters. The first kappa shape index (κ1) is 12.6. The van der Waals surface area contributed by atoms with Crippen molar-refractivity contribution in [2.75, 3.05) is 5.32 Å². The number of carbonyl (C=O) groups excluding carboxylic acids is 2. The minimum absolute atomic E-state index is 0.366. The van der Waals surface area contributed by atoms with Crippen molar-refractivity contribution in [1.29, 1.82) is 0 Å². The van der Waals surface area contributed by atoms with Gasteiger partial charge in [-0.3, -0.25) is 9.59 Å². The summed E-state index contributed by atoms with van der Waals surface area (Å²) in [5.74, 6) is -0.779. The van der Waals surface area contributed by atoms with Gasteiger partial charge in [-0.05, 0) is 18.4 Å². The van der Waals surface area contributed by atoms with E-state index in [4.69, 9.17) is 0 Å². The number of nitrogens with one attached hydrogen (secondary N) is 2. The van der Waals surface area contributed by atoms with Crippen molar-refractivity contribution in [3.63, 3.8) is 0 Å². The Morgan fingerprint density at radius 2 is 1.90 bits per heavy atom. The lowest BCUT2D eigenvalue weighted by Crippen LogP contribution is -2.48. The van der Waals surface area contributed by atoms with Crippen LogP contribution in [0.4, 0.5) is 5.69 Å². The van der Waals surface area contributed by atoms with Gasteiger partial charge in [0, 0.05) is 5.39 Å². The molecule has 0 saturated carbocycles. The number of benzene rings is 2. The quantitative estimate of drug-likeness (QED) is 0.730. The van der Waals surface area contributed by atoms with Crippen molar-refractivity contribution in [2.24, 2.45) is 0 Å². The highest BCUT2D eigenvalue weighted by molar-refractivity contribution is 6.16. The molecule has 0 saturated heterocycles. The van der Waals surface area contributed by atoms with Gasteiger partial charge in [-0.15, -0.1) is 0 Å². The van der Waals surface area contributed by atoms with Crippen LogP contribution < -0.4 is 10.6 Å². The van der Waals surface area contributed by atoms with Crippen molar-refractivity contribution >= 4 is 28.3 Å². The molecular weight excluding hydrogens is 256 g/mol. The van der Waals surface area contributed by atoms with Crippen molar-refractivity contribution in [1.82, 2.24) is 5.32 Å². The number of aliphatic hydroxyl groups is 1. The molecule has 0 radical (unpaired) electrons. The summed E-state index contributed by atoms with van der Waals surface area (Å²) in [7, 11) is 0. The standard InChI is InChI=1S/C15H14N2O3/c1-8(18)12-15(20)17-13-10-5-3-2-4-9(10)6-7-11(13)14(19)16-12/h2-8,12,18H,1H3,(H,16,19)(H,17,20). The van der Waals surface area contributed by atoms with Gasteiger partial charge in [0.25, 0.3) is 5.91 Å². The molecule has 20 heavy (non-hydrogen) atoms. The fourth-order valence-corrected chi connectivity index (χ4v) is 2.42. The van der Waals surface area contributed by atoms with Crippen LogP contribution in [-0.2, 0) is 4.79 Å². The number of carbonyl (C=O) groups is 2. The third-order valence-corrected chi connectivity index (χ3v) is 3.47. The highest BCUT2D eigenvalue weighted by Crippen LogP contribution is 2.29. The van der Waals surface area contributed by atoms with Crippen LogP contribution in [0.3, 0.4) is 0 Å². The molecule has 0 fully saturated rings. The van der Waals surface area contributed by atoms with Crippen LogP contribution in [0.5, 0.6) is 0 Å². The van der Waals surface area contributed by atoms with E-state index in [0.29, 0.717) is 11.3 Å². The third-order valence-electron chi connectivity index (χ3n) is 3.47. The second kappa shape index (κ2) is 4.61. The zero-order chi connectivity index (χ0) is 14.3. The number of anilines is 1. The smallest absolute Gasteiger partial charge is 0.254 e. The van der Waals surface area contributed by atoms with Crippen LogP contribution in [0, 0.1) is 0 Å². The summed E-state index contributed by atoms with van der Waals surface area (Å²) in [5, 5.41) is 16.6. The fourth-order valence-electron chi connectivity index (χ4n) is 2.42. The van der Waals surface area contributed by atoms with E-state index in [0.717, 1.165) is 10.8 Å². The van der Waals surface area contributed by atoms with E-state index in [1.165, 1.54) is 6.92 Å². The molecule has 2 atom stereocenters. The summed E-state index contributed by atoms with van der Waals surface area (Å²) in [6.07, 6.45) is -0.959. The van der Waals surface area contributed by atoms with Gasteiger partial charge in [0.1, 0.15) is 6.04 Å². The molecular formula is C15H14N2O3. The van der Waals surface area contributed by atoms with Gasteiger partial charge in [-0.1, -0.05) is 30.3 Å². The Morgan fingerprint density at radius 3 is 2.65 bits per heavy atom. The van der Waals surface area contributed by atoms with Crippen LogP contribution in [-0.4, -0.2) is 29.1 Å². The first-order valence-corrected chi connectivity index (χ1v) is 6.39. The van der Waals surface area contributed by atoms with Crippen molar-refractivity contribution in [3.05, 3.63) is 42.0 Å². The van der Waals surface area contributed by atoms with Crippen molar-refractivity contribution < 1.29 is 14.7 Å². The summed E-state index contributed by atoms with van der Waals surface area (Å²) >= 11 is 0. The number of rotatable bonds is 1. The van der Waals surface area contributed by atoms with Gasteiger partial charge in [0.2, 0.25) is 5.91 Å². The third kappa shape index (κ3) is 1.92. The maximum absolute atomic E-state index is 12.2. The molecule has 2 aromatic rings. The van der Waals surface area contributed by atoms with E-state index in [-0.39, 0.29) is 5.91 Å². The Morgan fingerprint density at radius 1 is 1.15 bits per heavy atom. The van der Waals surface area contributed by atoms with Crippen LogP contribution in [0.2, 0.25) is 0 Å². The zero-order valence-electron chi connectivity index (χ0n) is 10.9. The second-order valence-electron chi connectivity index (χ2n) is 4.89. The predicted molar refractivity (Wildman–Crippen MR) is 75.5 cm³/mol. The minimum atomic E-state index is -0.959. The number of hydrogen-bond acceptors (Lipinski definition) is 3. The summed E-state index contributed by atoms with van der Waals surface area (Å²) < 4.78 is 0. The molecule has 102 valence electrons. The highest BCUT2D eigenvalue weighted by Gasteiger charge is 2.31. The summed E-state index contributed by atoms with van der Waals surface area (Å²) in [6.45, 7) is 1.47. The SMILES string of the molecule is CC(O)C1NC(=O)c2ccc3ccccc3c2NC1=O. The molecule has 1 aliphatic rings. The number of aliphatic hydroxyl groups excluding tert-OH is 1. The van der Waals surface area contributed by atoms with Gasteiger partial charge < -0.3 is 15.7 Å². The lowest BCUT2D eigenvalue weighted by Gasteiger charge is -2.16. The zero-order valence-corrected chi connectivity index (χ0v) is 10.9. The molecule has 2 amide bonds. The van der Waals surface area contributed by atoms with Crippen LogP contribution in [0.1, 0.15) is 17.3 Å². The summed E-state index contributed by atoms with van der Waals surface area (Å²) in [5.41, 5.74) is 0.897. The fraction of sp³-hybridized carbons (Fsp3) is 0.200. The summed E-state index contributed by atoms with van der Waals surface area (Å²) in [6, 6.07) is 10.1. The monoisotopic (exact) mass is 270 g/mol. The first-order valence-electron chi connectivity index (χ1n) is 6.39. The summed E-state index contributed by atoms with van der Waals surface area (Å²) in [4.78, 5) is 24.3. The molecule has 0 spiro atoms. The second-order valence-corrected chi connectivity index (χ2v) is 4.89. The van der Waals surface area contributed by atoms with E-state index >= 15 is 0 Å². The molecule has 0 aliphatic carbocycles. The molecule has 0 bridgehead atoms. The molecule has 2 aromatic carbocycles. The van der Waals surface area contributed by atoms with E-state index < -0.39 is 18.1 Å². The molecule has 5 heteroatoms. The lowest BCUT2D eigenvalue weighted by molar-refractivity contribution is -0.120. The first-order chi connectivity index (χ1) is 9.58. The topological polar surface area (TPSA) is 78.4 Å². The minimum Gasteiger partial charge on any atom is -0.391 e. The van der Waals surface area contributed by atoms with Crippen molar-refractivity contribution in [2.45, 2.75) is 19.1 Å². The van der Waals surface area contributed by atoms with E-state index in [2.05, 4.69) is 10.6 Å².